The highest BCUT2D eigenvalue weighted by molar-refractivity contribution is 7.09. The van der Waals surface area contributed by atoms with Gasteiger partial charge < -0.3 is 9.84 Å². The fourth-order valence-electron chi connectivity index (χ4n) is 1.97. The Balaban J connectivity index is 2.04. The lowest BCUT2D eigenvalue weighted by Gasteiger charge is -2.12. The van der Waals surface area contributed by atoms with Crippen LogP contribution < -0.4 is 4.74 Å². The van der Waals surface area contributed by atoms with Crippen molar-refractivity contribution in [3.63, 3.8) is 0 Å². The van der Waals surface area contributed by atoms with E-state index in [0.29, 0.717) is 6.61 Å². The molecule has 1 aliphatic rings. The van der Waals surface area contributed by atoms with Gasteiger partial charge in [0.1, 0.15) is 11.9 Å². The molecule has 2 aromatic rings. The highest BCUT2D eigenvalue weighted by atomic mass is 32.1. The predicted octanol–water partition coefficient (Wildman–Crippen LogP) is 2.16. The van der Waals surface area contributed by atoms with Gasteiger partial charge in [0, 0.05) is 18.2 Å². The maximum absolute atomic E-state index is 10.2. The fraction of sp³-hybridized carbons (Fsp3) is 0.250. The summed E-state index contributed by atoms with van der Waals surface area (Å²) in [6.07, 6.45) is 2.00. The van der Waals surface area contributed by atoms with Crippen LogP contribution in [0, 0.1) is 0 Å². The number of aliphatic hydroxyl groups excluding tert-OH is 1. The van der Waals surface area contributed by atoms with E-state index in [1.165, 1.54) is 16.9 Å². The number of hydrogen-bond acceptors (Lipinski definition) is 4. The Hall–Kier alpha value is -1.39. The van der Waals surface area contributed by atoms with Crippen molar-refractivity contribution < 1.29 is 9.84 Å². The van der Waals surface area contributed by atoms with Crippen LogP contribution in [-0.4, -0.2) is 16.7 Å². The molecule has 1 N–H and O–H groups in total. The Morgan fingerprint density at radius 2 is 2.38 bits per heavy atom. The normalized spacial score (nSPS) is 15.6. The number of nitrogens with zero attached hydrogens (tertiary/aromatic N) is 1. The summed E-state index contributed by atoms with van der Waals surface area (Å²) in [5.74, 6) is 0.850. The summed E-state index contributed by atoms with van der Waals surface area (Å²) in [5, 5.41) is 10.2. The van der Waals surface area contributed by atoms with E-state index in [9.17, 15) is 5.11 Å². The minimum atomic E-state index is -0.624. The lowest BCUT2D eigenvalue weighted by molar-refractivity contribution is 0.217. The Kier molecular flexibility index (Phi) is 2.38. The summed E-state index contributed by atoms with van der Waals surface area (Å²) < 4.78 is 5.57. The third-order valence-corrected chi connectivity index (χ3v) is 3.59. The molecule has 1 aromatic heterocycles. The summed E-state index contributed by atoms with van der Waals surface area (Å²) in [5.41, 5.74) is 3.75. The van der Waals surface area contributed by atoms with Crippen LogP contribution in [0.1, 0.15) is 22.1 Å². The zero-order valence-electron chi connectivity index (χ0n) is 8.59. The predicted molar refractivity (Wildman–Crippen MR) is 61.8 cm³/mol. The highest BCUT2D eigenvalue weighted by Crippen LogP contribution is 2.36. The van der Waals surface area contributed by atoms with Gasteiger partial charge in [-0.15, -0.1) is 11.3 Å². The van der Waals surface area contributed by atoms with E-state index in [4.69, 9.17) is 4.74 Å². The molecule has 82 valence electrons. The van der Waals surface area contributed by atoms with Crippen molar-refractivity contribution in [1.29, 1.82) is 0 Å². The number of hydrogen-bond donors (Lipinski definition) is 1. The molecule has 0 saturated heterocycles. The molecule has 16 heavy (non-hydrogen) atoms. The number of thiazole rings is 1. The summed E-state index contributed by atoms with van der Waals surface area (Å²) in [7, 11) is 0. The minimum absolute atomic E-state index is 0.624. The van der Waals surface area contributed by atoms with Crippen LogP contribution in [0.4, 0.5) is 0 Å². The Bertz CT molecular complexity index is 496. The molecule has 0 radical (unpaired) electrons. The van der Waals surface area contributed by atoms with E-state index in [-0.39, 0.29) is 0 Å². The maximum Gasteiger partial charge on any atom is 0.128 e. The second kappa shape index (κ2) is 3.88. The molecule has 0 saturated carbocycles. The molecular weight excluding hydrogens is 222 g/mol. The zero-order chi connectivity index (χ0) is 11.0. The van der Waals surface area contributed by atoms with E-state index >= 15 is 0 Å². The summed E-state index contributed by atoms with van der Waals surface area (Å²) in [6, 6.07) is 5.92. The molecule has 0 aliphatic carbocycles. The van der Waals surface area contributed by atoms with Gasteiger partial charge in [-0.1, -0.05) is 18.2 Å². The van der Waals surface area contributed by atoms with Crippen LogP contribution in [0.5, 0.6) is 5.75 Å². The number of aliphatic hydroxyl groups is 1. The molecule has 1 atom stereocenters. The van der Waals surface area contributed by atoms with Crippen LogP contribution in [0.3, 0.4) is 0 Å². The lowest BCUT2D eigenvalue weighted by Crippen LogP contribution is -2.00. The van der Waals surface area contributed by atoms with Gasteiger partial charge in [-0.05, 0) is 5.56 Å². The molecule has 3 nitrogen and oxygen atoms in total. The minimum Gasteiger partial charge on any atom is -0.493 e. The molecule has 0 spiro atoms. The quantitative estimate of drug-likeness (QED) is 0.864. The standard InChI is InChI=1S/C12H11NO2S/c14-11(10-6-13-7-16-10)9-3-1-2-8-4-5-15-12(8)9/h1-3,6-7,11,14H,4-5H2. The van der Waals surface area contributed by atoms with E-state index in [1.54, 1.807) is 11.7 Å². The van der Waals surface area contributed by atoms with Crippen molar-refractivity contribution in [2.75, 3.05) is 6.61 Å². The average molecular weight is 233 g/mol. The summed E-state index contributed by atoms with van der Waals surface area (Å²) in [4.78, 5) is 4.83. The van der Waals surface area contributed by atoms with Gasteiger partial charge in [0.15, 0.2) is 0 Å². The molecule has 1 aromatic carbocycles. The number of para-hydroxylation sites is 1. The number of aromatic nitrogens is 1. The van der Waals surface area contributed by atoms with E-state index < -0.39 is 6.10 Å². The second-order valence-electron chi connectivity index (χ2n) is 3.74. The van der Waals surface area contributed by atoms with Crippen LogP contribution in [0.2, 0.25) is 0 Å². The molecule has 3 rings (SSSR count). The molecule has 1 aliphatic heterocycles. The Morgan fingerprint density at radius 3 is 3.19 bits per heavy atom. The number of rotatable bonds is 2. The monoisotopic (exact) mass is 233 g/mol. The van der Waals surface area contributed by atoms with Crippen molar-refractivity contribution >= 4 is 11.3 Å². The fourth-order valence-corrected chi connectivity index (χ4v) is 2.59. The molecule has 2 heterocycles. The zero-order valence-corrected chi connectivity index (χ0v) is 9.41. The first-order valence-corrected chi connectivity index (χ1v) is 6.05. The van der Waals surface area contributed by atoms with Gasteiger partial charge in [-0.2, -0.15) is 0 Å². The topological polar surface area (TPSA) is 42.4 Å². The molecule has 4 heteroatoms. The first-order valence-electron chi connectivity index (χ1n) is 5.17. The molecule has 1 unspecified atom stereocenters. The summed E-state index contributed by atoms with van der Waals surface area (Å²) >= 11 is 1.45. The number of ether oxygens (including phenoxy) is 1. The molecule has 0 fully saturated rings. The van der Waals surface area contributed by atoms with Crippen molar-refractivity contribution in [2.24, 2.45) is 0 Å². The van der Waals surface area contributed by atoms with Gasteiger partial charge in [0.2, 0.25) is 0 Å². The lowest BCUT2D eigenvalue weighted by atomic mass is 10.0. The SMILES string of the molecule is OC(c1cncs1)c1cccc2c1OCC2. The second-order valence-corrected chi connectivity index (χ2v) is 4.66. The Morgan fingerprint density at radius 1 is 1.44 bits per heavy atom. The van der Waals surface area contributed by atoms with E-state index in [0.717, 1.165) is 22.6 Å². The summed E-state index contributed by atoms with van der Waals surface area (Å²) in [6.45, 7) is 0.710. The molecular formula is C12H11NO2S. The van der Waals surface area contributed by atoms with E-state index in [1.807, 2.05) is 18.2 Å². The van der Waals surface area contributed by atoms with Gasteiger partial charge in [0.05, 0.1) is 17.0 Å². The van der Waals surface area contributed by atoms with Crippen LogP contribution in [0.25, 0.3) is 0 Å². The van der Waals surface area contributed by atoms with Crippen molar-refractivity contribution in [3.05, 3.63) is 45.9 Å². The smallest absolute Gasteiger partial charge is 0.128 e. The highest BCUT2D eigenvalue weighted by Gasteiger charge is 2.22. The van der Waals surface area contributed by atoms with Crippen molar-refractivity contribution in [3.8, 4) is 5.75 Å². The van der Waals surface area contributed by atoms with Crippen LogP contribution >= 0.6 is 11.3 Å². The Labute approximate surface area is 97.3 Å². The van der Waals surface area contributed by atoms with Crippen LogP contribution in [0.15, 0.2) is 29.9 Å². The van der Waals surface area contributed by atoms with Gasteiger partial charge in [-0.3, -0.25) is 4.98 Å². The average Bonchev–Trinajstić information content (AvgIpc) is 2.98. The third-order valence-electron chi connectivity index (χ3n) is 2.76. The van der Waals surface area contributed by atoms with E-state index in [2.05, 4.69) is 4.98 Å². The molecule has 0 bridgehead atoms. The molecule has 0 amide bonds. The third kappa shape index (κ3) is 1.50. The van der Waals surface area contributed by atoms with Crippen molar-refractivity contribution in [1.82, 2.24) is 4.98 Å². The van der Waals surface area contributed by atoms with Gasteiger partial charge in [0.25, 0.3) is 0 Å². The number of fused-ring (bicyclic) bond motifs is 1. The largest absolute Gasteiger partial charge is 0.493 e. The van der Waals surface area contributed by atoms with Crippen LogP contribution in [-0.2, 0) is 6.42 Å². The maximum atomic E-state index is 10.2. The number of benzene rings is 1. The van der Waals surface area contributed by atoms with Gasteiger partial charge in [-0.25, -0.2) is 0 Å². The first kappa shape index (κ1) is 9.81. The van der Waals surface area contributed by atoms with Crippen molar-refractivity contribution in [2.45, 2.75) is 12.5 Å². The van der Waals surface area contributed by atoms with Gasteiger partial charge >= 0.3 is 0 Å². The first-order chi connectivity index (χ1) is 7.86.